The Morgan fingerprint density at radius 2 is 2.10 bits per heavy atom. The van der Waals surface area contributed by atoms with Gasteiger partial charge in [0.15, 0.2) is 4.80 Å². The molecule has 0 spiro atoms. The number of carbonyl (C=O) groups excluding carboxylic acids is 1. The highest BCUT2D eigenvalue weighted by molar-refractivity contribution is 7.16. The lowest BCUT2D eigenvalue weighted by atomic mass is 10.1. The molecule has 2 aromatic heterocycles. The summed E-state index contributed by atoms with van der Waals surface area (Å²) in [5, 5.41) is 10.8. The van der Waals surface area contributed by atoms with Crippen LogP contribution in [-0.4, -0.2) is 28.6 Å². The van der Waals surface area contributed by atoms with Crippen molar-refractivity contribution >= 4 is 49.9 Å². The summed E-state index contributed by atoms with van der Waals surface area (Å²) in [5.41, 5.74) is 3.35. The smallest absolute Gasteiger partial charge is 0.324 e. The van der Waals surface area contributed by atoms with Gasteiger partial charge in [0.2, 0.25) is 0 Å². The summed E-state index contributed by atoms with van der Waals surface area (Å²) in [4.78, 5) is 28.3. The van der Waals surface area contributed by atoms with Crippen molar-refractivity contribution in [3.05, 3.63) is 61.3 Å². The van der Waals surface area contributed by atoms with Crippen LogP contribution in [0.1, 0.15) is 22.9 Å². The Morgan fingerprint density at radius 3 is 2.79 bits per heavy atom. The Bertz CT molecular complexity index is 1150. The highest BCUT2D eigenvalue weighted by Crippen LogP contribution is 2.25. The standard InChI is InChI=1S/C20H21N3O4S2/c1-4-27-10-9-22-19-14(3)11-13(2)12-16(19)29-20(22)21-17(24)7-5-15-6-8-18(28-15)23(25)26/h5-8,11-12H,4,9-10H2,1-3H3. The first kappa shape index (κ1) is 21.1. The number of aromatic nitrogens is 1. The van der Waals surface area contributed by atoms with Gasteiger partial charge in [0.25, 0.3) is 5.91 Å². The third-order valence-electron chi connectivity index (χ3n) is 4.16. The molecule has 0 N–H and O–H groups in total. The molecule has 0 saturated carbocycles. The minimum Gasteiger partial charge on any atom is -0.380 e. The molecule has 3 rings (SSSR count). The molecule has 0 aliphatic rings. The number of benzene rings is 1. The Labute approximate surface area is 175 Å². The van der Waals surface area contributed by atoms with E-state index in [1.54, 1.807) is 12.1 Å². The molecule has 9 heteroatoms. The second-order valence-corrected chi connectivity index (χ2v) is 8.48. The van der Waals surface area contributed by atoms with Crippen LogP contribution in [0.5, 0.6) is 0 Å². The highest BCUT2D eigenvalue weighted by atomic mass is 32.1. The Hall–Kier alpha value is -2.62. The number of carbonyl (C=O) groups is 1. The van der Waals surface area contributed by atoms with E-state index in [2.05, 4.69) is 24.0 Å². The van der Waals surface area contributed by atoms with Gasteiger partial charge in [0.05, 0.1) is 21.7 Å². The van der Waals surface area contributed by atoms with E-state index in [9.17, 15) is 14.9 Å². The molecule has 2 heterocycles. The van der Waals surface area contributed by atoms with Gasteiger partial charge in [-0.25, -0.2) is 0 Å². The van der Waals surface area contributed by atoms with Gasteiger partial charge in [-0.2, -0.15) is 4.99 Å². The van der Waals surface area contributed by atoms with Crippen LogP contribution in [0.2, 0.25) is 0 Å². The normalized spacial score (nSPS) is 12.3. The maximum atomic E-state index is 12.4. The number of hydrogen-bond acceptors (Lipinski definition) is 6. The summed E-state index contributed by atoms with van der Waals surface area (Å²) in [6.07, 6.45) is 2.89. The predicted octanol–water partition coefficient (Wildman–Crippen LogP) is 4.47. The lowest BCUT2D eigenvalue weighted by molar-refractivity contribution is -0.380. The number of nitro groups is 1. The van der Waals surface area contributed by atoms with Crippen LogP contribution >= 0.6 is 22.7 Å². The first-order chi connectivity index (χ1) is 13.9. The molecule has 0 unspecified atom stereocenters. The Balaban J connectivity index is 1.95. The van der Waals surface area contributed by atoms with Crippen molar-refractivity contribution in [2.45, 2.75) is 27.3 Å². The molecule has 0 fully saturated rings. The van der Waals surface area contributed by atoms with Crippen molar-refractivity contribution in [2.24, 2.45) is 4.99 Å². The van der Waals surface area contributed by atoms with Crippen molar-refractivity contribution in [3.63, 3.8) is 0 Å². The van der Waals surface area contributed by atoms with Crippen LogP contribution in [-0.2, 0) is 16.1 Å². The SMILES string of the molecule is CCOCCn1c(=NC(=O)C=Cc2ccc([N+](=O)[O-])s2)sc2cc(C)cc(C)c21. The fourth-order valence-corrected chi connectivity index (χ4v) is 4.96. The summed E-state index contributed by atoms with van der Waals surface area (Å²) in [6, 6.07) is 7.24. The summed E-state index contributed by atoms with van der Waals surface area (Å²) >= 11 is 2.48. The van der Waals surface area contributed by atoms with Crippen LogP contribution < -0.4 is 4.80 Å². The summed E-state index contributed by atoms with van der Waals surface area (Å²) in [6.45, 7) is 7.80. The van der Waals surface area contributed by atoms with Crippen molar-refractivity contribution in [1.29, 1.82) is 0 Å². The molecule has 0 aliphatic heterocycles. The largest absolute Gasteiger partial charge is 0.380 e. The van der Waals surface area contributed by atoms with Gasteiger partial charge in [-0.05, 0) is 50.1 Å². The van der Waals surface area contributed by atoms with Crippen LogP contribution in [0.15, 0.2) is 35.3 Å². The maximum Gasteiger partial charge on any atom is 0.324 e. The quantitative estimate of drug-likeness (QED) is 0.239. The fourth-order valence-electron chi connectivity index (χ4n) is 3.00. The van der Waals surface area contributed by atoms with Crippen LogP contribution in [0.3, 0.4) is 0 Å². The molecule has 1 aromatic carbocycles. The van der Waals surface area contributed by atoms with Crippen molar-refractivity contribution in [2.75, 3.05) is 13.2 Å². The molecule has 0 atom stereocenters. The second-order valence-electron chi connectivity index (χ2n) is 6.38. The second kappa shape index (κ2) is 9.25. The number of hydrogen-bond donors (Lipinski definition) is 0. The molecule has 0 aliphatic carbocycles. The van der Waals surface area contributed by atoms with Gasteiger partial charge >= 0.3 is 5.00 Å². The Morgan fingerprint density at radius 1 is 1.31 bits per heavy atom. The zero-order valence-corrected chi connectivity index (χ0v) is 18.0. The van der Waals surface area contributed by atoms with Gasteiger partial charge in [-0.15, -0.1) is 0 Å². The van der Waals surface area contributed by atoms with Crippen LogP contribution in [0.25, 0.3) is 16.3 Å². The molecule has 0 bridgehead atoms. The summed E-state index contributed by atoms with van der Waals surface area (Å²) in [5.74, 6) is -0.410. The zero-order valence-electron chi connectivity index (χ0n) is 16.4. The van der Waals surface area contributed by atoms with E-state index in [4.69, 9.17) is 4.74 Å². The maximum absolute atomic E-state index is 12.4. The van der Waals surface area contributed by atoms with Gasteiger partial charge in [0.1, 0.15) is 0 Å². The van der Waals surface area contributed by atoms with E-state index in [0.29, 0.717) is 29.4 Å². The molecule has 3 aromatic rings. The van der Waals surface area contributed by atoms with E-state index >= 15 is 0 Å². The number of thiophene rings is 1. The topological polar surface area (TPSA) is 86.7 Å². The number of thiazole rings is 1. The van der Waals surface area contributed by atoms with Crippen LogP contribution in [0, 0.1) is 24.0 Å². The number of rotatable bonds is 7. The molecule has 29 heavy (non-hydrogen) atoms. The molecule has 152 valence electrons. The monoisotopic (exact) mass is 431 g/mol. The van der Waals surface area contributed by atoms with Gasteiger partial charge in [0, 0.05) is 30.2 Å². The van der Waals surface area contributed by atoms with E-state index in [-0.39, 0.29) is 5.00 Å². The first-order valence-electron chi connectivity index (χ1n) is 9.08. The zero-order chi connectivity index (χ0) is 21.0. The van der Waals surface area contributed by atoms with E-state index in [1.165, 1.54) is 23.5 Å². The predicted molar refractivity (Wildman–Crippen MR) is 116 cm³/mol. The summed E-state index contributed by atoms with van der Waals surface area (Å²) in [7, 11) is 0. The summed E-state index contributed by atoms with van der Waals surface area (Å²) < 4.78 is 8.59. The Kier molecular flexibility index (Phi) is 6.73. The van der Waals surface area contributed by atoms with Crippen molar-refractivity contribution in [3.8, 4) is 0 Å². The lowest BCUT2D eigenvalue weighted by Gasteiger charge is -2.08. The van der Waals surface area contributed by atoms with Crippen molar-refractivity contribution < 1.29 is 14.5 Å². The molecular weight excluding hydrogens is 410 g/mol. The number of amides is 1. The van der Waals surface area contributed by atoms with Crippen molar-refractivity contribution in [1.82, 2.24) is 4.57 Å². The molecular formula is C20H21N3O4S2. The minimum atomic E-state index is -0.447. The van der Waals surface area contributed by atoms with E-state index in [0.717, 1.165) is 32.7 Å². The minimum absolute atomic E-state index is 0.0400. The number of nitrogens with zero attached hydrogens (tertiary/aromatic N) is 3. The van der Waals surface area contributed by atoms with Gasteiger partial charge in [-0.3, -0.25) is 14.9 Å². The molecule has 0 radical (unpaired) electrons. The molecule has 7 nitrogen and oxygen atoms in total. The third-order valence-corrected chi connectivity index (χ3v) is 6.19. The highest BCUT2D eigenvalue weighted by Gasteiger charge is 2.11. The number of fused-ring (bicyclic) bond motifs is 1. The van der Waals surface area contributed by atoms with E-state index in [1.807, 2.05) is 18.4 Å². The lowest BCUT2D eigenvalue weighted by Crippen LogP contribution is -2.19. The fraction of sp³-hybridized carbons (Fsp3) is 0.300. The number of ether oxygens (including phenoxy) is 1. The van der Waals surface area contributed by atoms with Gasteiger partial charge < -0.3 is 9.30 Å². The average molecular weight is 432 g/mol. The molecule has 1 amide bonds. The molecule has 0 saturated heterocycles. The van der Waals surface area contributed by atoms with Crippen LogP contribution in [0.4, 0.5) is 5.00 Å². The average Bonchev–Trinajstić information content (AvgIpc) is 3.25. The third kappa shape index (κ3) is 5.06. The van der Waals surface area contributed by atoms with E-state index < -0.39 is 10.8 Å². The van der Waals surface area contributed by atoms with Gasteiger partial charge in [-0.1, -0.05) is 28.7 Å². The first-order valence-corrected chi connectivity index (χ1v) is 10.7. The number of aryl methyl sites for hydroxylation is 2.